The summed E-state index contributed by atoms with van der Waals surface area (Å²) in [6.07, 6.45) is 0. The van der Waals surface area contributed by atoms with Crippen molar-refractivity contribution in [3.05, 3.63) is 17.9 Å². The first-order valence-corrected chi connectivity index (χ1v) is 6.57. The molecule has 0 aromatic carbocycles. The van der Waals surface area contributed by atoms with E-state index in [1.54, 1.807) is 0 Å². The Labute approximate surface area is 87.2 Å². The Balaban J connectivity index is 2.46. The van der Waals surface area contributed by atoms with E-state index in [0.29, 0.717) is 13.2 Å². The van der Waals surface area contributed by atoms with Crippen LogP contribution >= 0.6 is 0 Å². The van der Waals surface area contributed by atoms with Gasteiger partial charge >= 0.3 is 0 Å². The molecule has 0 atom stereocenters. The Bertz CT molecular complexity index is 254. The lowest BCUT2D eigenvalue weighted by molar-refractivity contribution is -0.0819. The van der Waals surface area contributed by atoms with Crippen molar-refractivity contribution in [2.24, 2.45) is 0 Å². The molecule has 1 rings (SSSR count). The van der Waals surface area contributed by atoms with Gasteiger partial charge in [-0.05, 0) is 32.9 Å². The van der Waals surface area contributed by atoms with Crippen LogP contribution < -0.4 is 5.38 Å². The van der Waals surface area contributed by atoms with Crippen molar-refractivity contribution in [2.75, 3.05) is 13.2 Å². The SMILES string of the molecule is CCOC(OCC)[SiH2]c1ccc(C)o1. The van der Waals surface area contributed by atoms with Crippen LogP contribution in [0.3, 0.4) is 0 Å². The summed E-state index contributed by atoms with van der Waals surface area (Å²) in [5, 5.41) is 1.05. The summed E-state index contributed by atoms with van der Waals surface area (Å²) in [6.45, 7) is 7.30. The number of rotatable bonds is 6. The van der Waals surface area contributed by atoms with Gasteiger partial charge in [0.2, 0.25) is 0 Å². The van der Waals surface area contributed by atoms with Crippen LogP contribution in [0, 0.1) is 6.92 Å². The first-order valence-electron chi connectivity index (χ1n) is 5.04. The smallest absolute Gasteiger partial charge is 0.167 e. The van der Waals surface area contributed by atoms with Crippen molar-refractivity contribution >= 4 is 14.9 Å². The van der Waals surface area contributed by atoms with Crippen molar-refractivity contribution in [3.8, 4) is 0 Å². The van der Waals surface area contributed by atoms with Gasteiger partial charge in [-0.3, -0.25) is 0 Å². The van der Waals surface area contributed by atoms with E-state index in [1.807, 2.05) is 32.9 Å². The highest BCUT2D eigenvalue weighted by Crippen LogP contribution is 1.98. The molecule has 0 radical (unpaired) electrons. The van der Waals surface area contributed by atoms with Gasteiger partial charge in [-0.2, -0.15) is 0 Å². The minimum atomic E-state index is -0.610. The van der Waals surface area contributed by atoms with Gasteiger partial charge < -0.3 is 13.9 Å². The molecule has 14 heavy (non-hydrogen) atoms. The fraction of sp³-hybridized carbons (Fsp3) is 0.600. The van der Waals surface area contributed by atoms with Crippen LogP contribution in [0.4, 0.5) is 0 Å². The van der Waals surface area contributed by atoms with E-state index in [1.165, 1.54) is 0 Å². The van der Waals surface area contributed by atoms with Crippen LogP contribution in [-0.4, -0.2) is 28.6 Å². The third kappa shape index (κ3) is 3.65. The summed E-state index contributed by atoms with van der Waals surface area (Å²) >= 11 is 0. The lowest BCUT2D eigenvalue weighted by Gasteiger charge is -2.14. The molecule has 80 valence electrons. The number of hydrogen-bond acceptors (Lipinski definition) is 3. The number of furan rings is 1. The van der Waals surface area contributed by atoms with Crippen LogP contribution in [0.5, 0.6) is 0 Å². The highest BCUT2D eigenvalue weighted by molar-refractivity contribution is 6.52. The zero-order valence-electron chi connectivity index (χ0n) is 9.08. The molecular formula is C10H18O3Si. The molecule has 0 aliphatic heterocycles. The molecule has 0 aliphatic carbocycles. The number of aryl methyl sites for hydroxylation is 1. The van der Waals surface area contributed by atoms with Crippen molar-refractivity contribution in [1.82, 2.24) is 0 Å². The van der Waals surface area contributed by atoms with Gasteiger partial charge in [0.1, 0.15) is 5.91 Å². The summed E-state index contributed by atoms with van der Waals surface area (Å²) < 4.78 is 16.5. The Morgan fingerprint density at radius 2 is 1.93 bits per heavy atom. The van der Waals surface area contributed by atoms with Crippen molar-refractivity contribution < 1.29 is 13.9 Å². The highest BCUT2D eigenvalue weighted by Gasteiger charge is 2.12. The van der Waals surface area contributed by atoms with Crippen LogP contribution in [0.25, 0.3) is 0 Å². The first-order chi connectivity index (χ1) is 6.76. The minimum absolute atomic E-state index is 0.0458. The van der Waals surface area contributed by atoms with Crippen LogP contribution in [0.2, 0.25) is 0 Å². The molecule has 0 aliphatic rings. The average Bonchev–Trinajstić information content (AvgIpc) is 2.52. The van der Waals surface area contributed by atoms with Crippen molar-refractivity contribution in [1.29, 1.82) is 0 Å². The Kier molecular flexibility index (Phi) is 4.93. The molecule has 0 saturated heterocycles. The molecule has 1 heterocycles. The van der Waals surface area contributed by atoms with E-state index in [0.717, 1.165) is 11.1 Å². The third-order valence-electron chi connectivity index (χ3n) is 1.87. The fourth-order valence-electron chi connectivity index (χ4n) is 1.30. The molecule has 0 saturated carbocycles. The van der Waals surface area contributed by atoms with Gasteiger partial charge in [-0.25, -0.2) is 0 Å². The van der Waals surface area contributed by atoms with Gasteiger partial charge in [0.05, 0.1) is 11.1 Å². The average molecular weight is 214 g/mol. The lowest BCUT2D eigenvalue weighted by Crippen LogP contribution is -2.32. The maximum atomic E-state index is 5.51. The van der Waals surface area contributed by atoms with Crippen molar-refractivity contribution in [3.63, 3.8) is 0 Å². The molecule has 0 N–H and O–H groups in total. The Hall–Kier alpha value is -0.583. The van der Waals surface area contributed by atoms with E-state index >= 15 is 0 Å². The molecule has 3 nitrogen and oxygen atoms in total. The lowest BCUT2D eigenvalue weighted by atomic mass is 10.5. The summed E-state index contributed by atoms with van der Waals surface area (Å²) in [5.41, 5.74) is 0. The molecule has 1 aromatic rings. The standard InChI is InChI=1S/C10H18O3Si/c1-4-11-10(12-5-2)14-9-7-6-8(3)13-9/h6-7,10H,4-5,14H2,1-3H3. The fourth-order valence-corrected chi connectivity index (χ4v) is 2.90. The van der Waals surface area contributed by atoms with Gasteiger partial charge in [0.15, 0.2) is 9.52 Å². The van der Waals surface area contributed by atoms with E-state index < -0.39 is 9.52 Å². The van der Waals surface area contributed by atoms with E-state index in [-0.39, 0.29) is 5.91 Å². The normalized spacial score (nSPS) is 12.0. The summed E-state index contributed by atoms with van der Waals surface area (Å²) in [5.74, 6) is 0.912. The Morgan fingerprint density at radius 1 is 1.29 bits per heavy atom. The maximum Gasteiger partial charge on any atom is 0.167 e. The van der Waals surface area contributed by atoms with Gasteiger partial charge in [0, 0.05) is 13.2 Å². The molecule has 4 heteroatoms. The van der Waals surface area contributed by atoms with E-state index in [4.69, 9.17) is 13.9 Å². The number of hydrogen-bond donors (Lipinski definition) is 0. The largest absolute Gasteiger partial charge is 0.472 e. The van der Waals surface area contributed by atoms with Crippen molar-refractivity contribution in [2.45, 2.75) is 26.7 Å². The molecule has 0 unspecified atom stereocenters. The second-order valence-corrected chi connectivity index (χ2v) is 4.83. The first kappa shape index (κ1) is 11.5. The minimum Gasteiger partial charge on any atom is -0.472 e. The van der Waals surface area contributed by atoms with Gasteiger partial charge in [-0.1, -0.05) is 0 Å². The molecule has 0 amide bonds. The predicted molar refractivity (Wildman–Crippen MR) is 58.7 cm³/mol. The Morgan fingerprint density at radius 3 is 2.36 bits per heavy atom. The quantitative estimate of drug-likeness (QED) is 0.517. The monoisotopic (exact) mass is 214 g/mol. The number of ether oxygens (including phenoxy) is 2. The van der Waals surface area contributed by atoms with Gasteiger partial charge in [-0.15, -0.1) is 0 Å². The molecule has 0 bridgehead atoms. The van der Waals surface area contributed by atoms with E-state index in [2.05, 4.69) is 0 Å². The summed E-state index contributed by atoms with van der Waals surface area (Å²) in [7, 11) is -0.610. The second kappa shape index (κ2) is 6.01. The molecule has 1 aromatic heterocycles. The molecule has 0 spiro atoms. The zero-order chi connectivity index (χ0) is 10.4. The predicted octanol–water partition coefficient (Wildman–Crippen LogP) is 0.739. The maximum absolute atomic E-state index is 5.51. The van der Waals surface area contributed by atoms with Crippen LogP contribution in [-0.2, 0) is 9.47 Å². The highest BCUT2D eigenvalue weighted by atomic mass is 28.2. The topological polar surface area (TPSA) is 31.6 Å². The van der Waals surface area contributed by atoms with E-state index in [9.17, 15) is 0 Å². The van der Waals surface area contributed by atoms with Crippen LogP contribution in [0.15, 0.2) is 16.5 Å². The second-order valence-electron chi connectivity index (χ2n) is 3.06. The zero-order valence-corrected chi connectivity index (χ0v) is 10.5. The third-order valence-corrected chi connectivity index (χ3v) is 3.46. The summed E-state index contributed by atoms with van der Waals surface area (Å²) in [4.78, 5) is 0. The summed E-state index contributed by atoms with van der Waals surface area (Å²) in [6, 6.07) is 4.00. The molecular weight excluding hydrogens is 196 g/mol. The molecule has 0 fully saturated rings. The van der Waals surface area contributed by atoms with Crippen LogP contribution in [0.1, 0.15) is 19.6 Å². The van der Waals surface area contributed by atoms with Gasteiger partial charge in [0.25, 0.3) is 0 Å².